The highest BCUT2D eigenvalue weighted by atomic mass is 35.5. The number of pyridine rings is 1. The number of benzene rings is 1. The average molecular weight is 524 g/mol. The lowest BCUT2D eigenvalue weighted by molar-refractivity contribution is -0.195. The van der Waals surface area contributed by atoms with Crippen LogP contribution in [0.25, 0.3) is 0 Å². The zero-order valence-electron chi connectivity index (χ0n) is 21.1. The molecule has 1 aromatic carbocycles. The van der Waals surface area contributed by atoms with Crippen LogP contribution in [-0.4, -0.2) is 54.4 Å². The number of rotatable bonds is 11. The maximum absolute atomic E-state index is 13.9. The molecule has 1 aliphatic rings. The highest BCUT2D eigenvalue weighted by Gasteiger charge is 2.67. The third-order valence-electron chi connectivity index (χ3n) is 7.22. The number of hydrogen-bond donors (Lipinski definition) is 1. The summed E-state index contributed by atoms with van der Waals surface area (Å²) in [4.78, 5) is 31.0. The van der Waals surface area contributed by atoms with Gasteiger partial charge in [-0.15, -0.1) is 0 Å². The summed E-state index contributed by atoms with van der Waals surface area (Å²) in [6.07, 6.45) is -2.39. The van der Waals surface area contributed by atoms with Crippen LogP contribution in [0.2, 0.25) is 5.02 Å². The maximum Gasteiger partial charge on any atom is 0.395 e. The van der Waals surface area contributed by atoms with Crippen molar-refractivity contribution in [1.82, 2.24) is 15.2 Å². The second kappa shape index (κ2) is 11.3. The minimum Gasteiger partial charge on any atom is -0.355 e. The number of carbonyl (C=O) groups excluding carboxylic acids is 2. The first kappa shape index (κ1) is 28.1. The normalized spacial score (nSPS) is 16.5. The second-order valence-corrected chi connectivity index (χ2v) is 10.3. The molecule has 5 nitrogen and oxygen atoms in total. The quantitative estimate of drug-likeness (QED) is 0.381. The molecule has 3 rings (SSSR count). The zero-order chi connectivity index (χ0) is 26.7. The van der Waals surface area contributed by atoms with Gasteiger partial charge in [0.2, 0.25) is 5.91 Å². The van der Waals surface area contributed by atoms with Crippen molar-refractivity contribution >= 4 is 23.3 Å². The number of likely N-dealkylation sites (N-methyl/N-ethyl adjacent to an activating group) is 1. The third-order valence-corrected chi connectivity index (χ3v) is 7.45. The van der Waals surface area contributed by atoms with Crippen LogP contribution in [0.4, 0.5) is 13.2 Å². The van der Waals surface area contributed by atoms with Crippen LogP contribution in [0, 0.1) is 12.3 Å². The first-order valence-corrected chi connectivity index (χ1v) is 12.5. The Morgan fingerprint density at radius 2 is 1.89 bits per heavy atom. The van der Waals surface area contributed by atoms with Crippen LogP contribution in [0.15, 0.2) is 36.5 Å². The Kier molecular flexibility index (Phi) is 8.83. The van der Waals surface area contributed by atoms with Gasteiger partial charge in [-0.25, -0.2) is 0 Å². The van der Waals surface area contributed by atoms with Gasteiger partial charge in [0, 0.05) is 48.8 Å². The minimum atomic E-state index is -4.42. The van der Waals surface area contributed by atoms with Gasteiger partial charge < -0.3 is 10.2 Å². The lowest BCUT2D eigenvalue weighted by Gasteiger charge is -2.29. The number of alkyl halides is 3. The van der Waals surface area contributed by atoms with Gasteiger partial charge in [0.15, 0.2) is 5.78 Å². The van der Waals surface area contributed by atoms with Crippen molar-refractivity contribution < 1.29 is 22.8 Å². The van der Waals surface area contributed by atoms with E-state index in [0.29, 0.717) is 23.4 Å². The number of Topliss-reactive ketones (excluding diaryl/α,β-unsaturated/α-hetero) is 1. The lowest BCUT2D eigenvalue weighted by atomic mass is 9.82. The number of nitrogens with zero attached hydrogens (tertiary/aromatic N) is 2. The Morgan fingerprint density at radius 1 is 1.19 bits per heavy atom. The zero-order valence-corrected chi connectivity index (χ0v) is 21.8. The van der Waals surface area contributed by atoms with E-state index < -0.39 is 23.4 Å². The Labute approximate surface area is 215 Å². The number of nitrogens with one attached hydrogen (secondary N) is 1. The van der Waals surface area contributed by atoms with Crippen LogP contribution in [0.3, 0.4) is 0 Å². The van der Waals surface area contributed by atoms with Crippen molar-refractivity contribution in [3.05, 3.63) is 63.9 Å². The van der Waals surface area contributed by atoms with Crippen LogP contribution in [0.1, 0.15) is 65.7 Å². The third kappa shape index (κ3) is 6.45. The molecule has 196 valence electrons. The molecule has 2 aromatic rings. The fourth-order valence-corrected chi connectivity index (χ4v) is 4.74. The minimum absolute atomic E-state index is 0.0190. The van der Waals surface area contributed by atoms with E-state index in [2.05, 4.69) is 10.3 Å². The molecule has 1 aromatic heterocycles. The van der Waals surface area contributed by atoms with Gasteiger partial charge >= 0.3 is 6.18 Å². The standard InChI is InChI=1S/C27H33ClF3N3O2/c1-5-24(35)19-7-6-18(17(2)12-19)13-21(34(3)4)16-33-25(36)14-22(23-9-8-20(28)15-32-23)26(10-11-26)27(29,30)31/h6-9,12,15,21-22H,5,10-11,13-14,16H2,1-4H3,(H,33,36)/t21-,22+/m0/s1. The van der Waals surface area contributed by atoms with Crippen LogP contribution >= 0.6 is 11.6 Å². The predicted molar refractivity (Wildman–Crippen MR) is 134 cm³/mol. The fourth-order valence-electron chi connectivity index (χ4n) is 4.62. The molecule has 1 aliphatic carbocycles. The Hall–Kier alpha value is -2.45. The topological polar surface area (TPSA) is 62.3 Å². The van der Waals surface area contributed by atoms with E-state index in [1.54, 1.807) is 0 Å². The number of hydrogen-bond acceptors (Lipinski definition) is 4. The van der Waals surface area contributed by atoms with Gasteiger partial charge in [-0.1, -0.05) is 30.7 Å². The molecule has 1 saturated carbocycles. The molecular weight excluding hydrogens is 491 g/mol. The van der Waals surface area contributed by atoms with E-state index in [1.165, 1.54) is 18.3 Å². The monoisotopic (exact) mass is 523 g/mol. The molecule has 0 aliphatic heterocycles. The number of carbonyl (C=O) groups is 2. The van der Waals surface area contributed by atoms with Gasteiger partial charge in [0.25, 0.3) is 0 Å². The molecule has 0 bridgehead atoms. The summed E-state index contributed by atoms with van der Waals surface area (Å²) in [7, 11) is 3.79. The van der Waals surface area contributed by atoms with E-state index in [1.807, 2.05) is 51.0 Å². The maximum atomic E-state index is 13.9. The number of halogens is 4. The molecular formula is C27H33ClF3N3O2. The van der Waals surface area contributed by atoms with Crippen molar-refractivity contribution in [1.29, 1.82) is 0 Å². The molecule has 1 heterocycles. The average Bonchev–Trinajstić information content (AvgIpc) is 3.63. The molecule has 0 unspecified atom stereocenters. The summed E-state index contributed by atoms with van der Waals surface area (Å²) < 4.78 is 41.8. The van der Waals surface area contributed by atoms with E-state index in [0.717, 1.165) is 11.1 Å². The highest BCUT2D eigenvalue weighted by Crippen LogP contribution is 2.65. The highest BCUT2D eigenvalue weighted by molar-refractivity contribution is 6.30. The molecule has 36 heavy (non-hydrogen) atoms. The van der Waals surface area contributed by atoms with Crippen molar-refractivity contribution in [2.75, 3.05) is 20.6 Å². The second-order valence-electron chi connectivity index (χ2n) is 9.86. The van der Waals surface area contributed by atoms with Crippen molar-refractivity contribution in [2.45, 2.75) is 64.1 Å². The molecule has 1 amide bonds. The molecule has 9 heteroatoms. The number of aryl methyl sites for hydroxylation is 1. The first-order chi connectivity index (χ1) is 16.9. The summed E-state index contributed by atoms with van der Waals surface area (Å²) in [6, 6.07) is 8.52. The Balaban J connectivity index is 1.70. The number of amides is 1. The van der Waals surface area contributed by atoms with Crippen LogP contribution in [-0.2, 0) is 11.2 Å². The van der Waals surface area contributed by atoms with E-state index >= 15 is 0 Å². The fraction of sp³-hybridized carbons (Fsp3) is 0.519. The summed E-state index contributed by atoms with van der Waals surface area (Å²) >= 11 is 5.88. The van der Waals surface area contributed by atoms with Gasteiger partial charge in [0.1, 0.15) is 0 Å². The van der Waals surface area contributed by atoms with Crippen LogP contribution in [0.5, 0.6) is 0 Å². The van der Waals surface area contributed by atoms with Crippen molar-refractivity contribution in [2.24, 2.45) is 5.41 Å². The number of aromatic nitrogens is 1. The molecule has 2 atom stereocenters. The van der Waals surface area contributed by atoms with E-state index in [-0.39, 0.29) is 43.3 Å². The molecule has 1 N–H and O–H groups in total. The Morgan fingerprint density at radius 3 is 2.39 bits per heavy atom. The predicted octanol–water partition coefficient (Wildman–Crippen LogP) is 5.74. The summed E-state index contributed by atoms with van der Waals surface area (Å²) in [5.41, 5.74) is 1.01. The van der Waals surface area contributed by atoms with Gasteiger partial charge in [-0.3, -0.25) is 14.6 Å². The van der Waals surface area contributed by atoms with Crippen molar-refractivity contribution in [3.63, 3.8) is 0 Å². The summed E-state index contributed by atoms with van der Waals surface area (Å²) in [5.74, 6) is -1.43. The molecule has 0 spiro atoms. The Bertz CT molecular complexity index is 1080. The van der Waals surface area contributed by atoms with Gasteiger partial charge in [0.05, 0.1) is 10.4 Å². The molecule has 0 saturated heterocycles. The molecule has 0 radical (unpaired) electrons. The molecule has 1 fully saturated rings. The summed E-state index contributed by atoms with van der Waals surface area (Å²) in [6.45, 7) is 4.05. The van der Waals surface area contributed by atoms with Gasteiger partial charge in [-0.05, 0) is 69.6 Å². The van der Waals surface area contributed by atoms with Crippen LogP contribution < -0.4 is 5.32 Å². The SMILES string of the molecule is CCC(=O)c1ccc(C[C@@H](CNC(=O)C[C@H](c2ccc(Cl)cn2)C2(C(F)(F)F)CC2)N(C)C)c(C)c1. The number of ketones is 1. The van der Waals surface area contributed by atoms with Gasteiger partial charge in [-0.2, -0.15) is 13.2 Å². The van der Waals surface area contributed by atoms with Crippen molar-refractivity contribution in [3.8, 4) is 0 Å². The van der Waals surface area contributed by atoms with E-state index in [4.69, 9.17) is 11.6 Å². The van der Waals surface area contributed by atoms with E-state index in [9.17, 15) is 22.8 Å². The largest absolute Gasteiger partial charge is 0.395 e. The summed E-state index contributed by atoms with van der Waals surface area (Å²) in [5, 5.41) is 3.18. The first-order valence-electron chi connectivity index (χ1n) is 12.1. The lowest BCUT2D eigenvalue weighted by Crippen LogP contribution is -2.43. The smallest absolute Gasteiger partial charge is 0.355 e.